The second-order valence-corrected chi connectivity index (χ2v) is 8.51. The van der Waals surface area contributed by atoms with Crippen LogP contribution in [0.2, 0.25) is 0 Å². The quantitative estimate of drug-likeness (QED) is 0.477. The van der Waals surface area contributed by atoms with Crippen LogP contribution < -0.4 is 0 Å². The van der Waals surface area contributed by atoms with Crippen molar-refractivity contribution >= 4 is 13.6 Å². The zero-order valence-electron chi connectivity index (χ0n) is 21.3. The van der Waals surface area contributed by atoms with Crippen LogP contribution in [0.1, 0.15) is 71.6 Å². The van der Waals surface area contributed by atoms with E-state index in [0.717, 1.165) is 37.0 Å². The van der Waals surface area contributed by atoms with Crippen LogP contribution in [0.5, 0.6) is 0 Å². The fourth-order valence-electron chi connectivity index (χ4n) is 4.05. The predicted octanol–water partition coefficient (Wildman–Crippen LogP) is 7.92. The lowest BCUT2D eigenvalue weighted by atomic mass is 9.84. The molecule has 1 aliphatic rings. The number of carbonyl (C=O) groups is 2. The molecule has 3 nitrogen and oxygen atoms in total. The number of hydrogen-bond acceptors (Lipinski definition) is 3. The Hall–Kier alpha value is -2.47. The van der Waals surface area contributed by atoms with Gasteiger partial charge >= 0.3 is 6.18 Å². The van der Waals surface area contributed by atoms with Crippen LogP contribution in [-0.4, -0.2) is 25.8 Å². The van der Waals surface area contributed by atoms with E-state index in [1.54, 1.807) is 6.07 Å². The van der Waals surface area contributed by atoms with Gasteiger partial charge in [-0.1, -0.05) is 75.1 Å². The summed E-state index contributed by atoms with van der Waals surface area (Å²) in [7, 11) is 1.00. The van der Waals surface area contributed by atoms with E-state index in [2.05, 4.69) is 26.0 Å². The molecule has 0 amide bonds. The van der Waals surface area contributed by atoms with Crippen LogP contribution in [-0.2, 0) is 28.6 Å². The summed E-state index contributed by atoms with van der Waals surface area (Å²) in [5.41, 5.74) is 3.73. The minimum atomic E-state index is -4.27. The van der Waals surface area contributed by atoms with Gasteiger partial charge in [-0.05, 0) is 67.7 Å². The van der Waals surface area contributed by atoms with Crippen LogP contribution in [0, 0.1) is 25.7 Å². The second kappa shape index (κ2) is 18.9. The lowest BCUT2D eigenvalue weighted by Gasteiger charge is -2.22. The molecule has 2 aromatic carbocycles. The number of carbonyl (C=O) groups excluding carboxylic acids is 2. The van der Waals surface area contributed by atoms with Crippen molar-refractivity contribution in [3.05, 3.63) is 70.3 Å². The maximum atomic E-state index is 12.6. The number of aryl methyl sites for hydroxylation is 4. The van der Waals surface area contributed by atoms with Gasteiger partial charge in [0.25, 0.3) is 0 Å². The highest BCUT2D eigenvalue weighted by molar-refractivity contribution is 5.32. The summed E-state index contributed by atoms with van der Waals surface area (Å²) >= 11 is 0. The minimum Gasteiger partial charge on any atom is -0.400 e. The summed E-state index contributed by atoms with van der Waals surface area (Å²) in [5.74, 6) is 2.03. The topological polar surface area (TPSA) is 54.4 Å². The Balaban J connectivity index is -0.000000170. The first-order valence-corrected chi connectivity index (χ1v) is 11.4. The van der Waals surface area contributed by atoms with E-state index >= 15 is 0 Å². The van der Waals surface area contributed by atoms with E-state index in [1.807, 2.05) is 33.5 Å². The Morgan fingerprint density at radius 3 is 1.91 bits per heavy atom. The summed E-state index contributed by atoms with van der Waals surface area (Å²) in [6.07, 6.45) is 3.01. The maximum Gasteiger partial charge on any atom is 0.416 e. The fraction of sp³-hybridized carbons (Fsp3) is 0.500. The molecule has 0 aliphatic heterocycles. The van der Waals surface area contributed by atoms with Crippen molar-refractivity contribution in [1.29, 1.82) is 0 Å². The largest absolute Gasteiger partial charge is 0.416 e. The van der Waals surface area contributed by atoms with Crippen molar-refractivity contribution in [1.82, 2.24) is 0 Å². The first-order chi connectivity index (χ1) is 16.1. The van der Waals surface area contributed by atoms with Gasteiger partial charge in [0.05, 0.1) is 5.56 Å². The molecule has 1 unspecified atom stereocenters. The molecule has 1 fully saturated rings. The van der Waals surface area contributed by atoms with Crippen LogP contribution >= 0.6 is 0 Å². The third kappa shape index (κ3) is 13.9. The van der Waals surface area contributed by atoms with Crippen molar-refractivity contribution in [3.63, 3.8) is 0 Å². The Labute approximate surface area is 207 Å². The average molecular weight is 489 g/mol. The number of alkyl halides is 3. The number of hydrogen-bond donors (Lipinski definition) is 1. The summed E-state index contributed by atoms with van der Waals surface area (Å²) in [4.78, 5) is 16.0. The monoisotopic (exact) mass is 488 g/mol. The smallest absolute Gasteiger partial charge is 0.400 e. The molecular weight excluding hydrogens is 441 g/mol. The highest BCUT2D eigenvalue weighted by atomic mass is 19.4. The average Bonchev–Trinajstić information content (AvgIpc) is 2.82. The molecule has 2 aromatic rings. The number of benzene rings is 2. The third-order valence-electron chi connectivity index (χ3n) is 5.63. The van der Waals surface area contributed by atoms with Gasteiger partial charge in [-0.2, -0.15) is 13.2 Å². The first kappa shape index (κ1) is 33.7. The molecule has 6 heteroatoms. The van der Waals surface area contributed by atoms with Gasteiger partial charge in [0, 0.05) is 11.4 Å². The Morgan fingerprint density at radius 1 is 0.912 bits per heavy atom. The summed E-state index contributed by atoms with van der Waals surface area (Å²) in [6, 6.07) is 11.8. The minimum absolute atomic E-state index is 0. The highest BCUT2D eigenvalue weighted by Crippen LogP contribution is 2.30. The van der Waals surface area contributed by atoms with Gasteiger partial charge in [-0.15, -0.1) is 0 Å². The SMILES string of the molecule is C=O.C=O.CC1CCC[C@H](C)C1.CO.Cc1ccc(CCc2cccc(C(F)(F)F)c2)c(C)c1.[HH].[HH].[HH]. The molecule has 198 valence electrons. The molecule has 0 spiro atoms. The van der Waals surface area contributed by atoms with E-state index < -0.39 is 11.7 Å². The van der Waals surface area contributed by atoms with Crippen LogP contribution in [0.3, 0.4) is 0 Å². The highest BCUT2D eigenvalue weighted by Gasteiger charge is 2.30. The maximum absolute atomic E-state index is 12.6. The molecule has 2 atom stereocenters. The molecule has 3 rings (SSSR count). The van der Waals surface area contributed by atoms with E-state index in [9.17, 15) is 13.2 Å². The van der Waals surface area contributed by atoms with E-state index in [-0.39, 0.29) is 4.28 Å². The molecular formula is C28H47F3O3. The molecule has 0 saturated heterocycles. The molecule has 0 radical (unpaired) electrons. The van der Waals surface area contributed by atoms with Crippen LogP contribution in [0.15, 0.2) is 42.5 Å². The summed E-state index contributed by atoms with van der Waals surface area (Å²) < 4.78 is 37.9. The molecule has 1 N–H and O–H groups in total. The van der Waals surface area contributed by atoms with Crippen LogP contribution in [0.25, 0.3) is 0 Å². The Morgan fingerprint density at radius 2 is 1.47 bits per heavy atom. The lowest BCUT2D eigenvalue weighted by molar-refractivity contribution is -0.137. The predicted molar refractivity (Wildman–Crippen MR) is 140 cm³/mol. The normalized spacial score (nSPS) is 16.6. The Kier molecular flexibility index (Phi) is 18.7. The number of rotatable bonds is 3. The zero-order valence-corrected chi connectivity index (χ0v) is 21.3. The van der Waals surface area contributed by atoms with Crippen LogP contribution in [0.4, 0.5) is 13.2 Å². The standard InChI is InChI=1S/C17H17F3.C8H16.CH4O.2CH2O.3H2/c1-12-6-8-15(13(2)10-12)9-7-14-4-3-5-16(11-14)17(18,19)20;1-7-4-3-5-8(2)6-7;3*1-2;;;/h3-6,8,10-11H,7,9H2,1-2H3;7-8H,3-6H2,1-2H3;2H,1H3;2*1H2;3*1H/t;7-,8?;;;;;;/m.0....../s1. The zero-order chi connectivity index (χ0) is 26.7. The van der Waals surface area contributed by atoms with Crippen molar-refractivity contribution < 1.29 is 32.1 Å². The molecule has 0 aromatic heterocycles. The van der Waals surface area contributed by atoms with Gasteiger partial charge in [-0.25, -0.2) is 0 Å². The second-order valence-electron chi connectivity index (χ2n) is 8.51. The van der Waals surface area contributed by atoms with Crippen molar-refractivity contribution in [2.75, 3.05) is 7.11 Å². The third-order valence-corrected chi connectivity index (χ3v) is 5.63. The molecule has 1 aliphatic carbocycles. The van der Waals surface area contributed by atoms with Gasteiger partial charge < -0.3 is 14.7 Å². The summed E-state index contributed by atoms with van der Waals surface area (Å²) in [6.45, 7) is 12.8. The molecule has 0 heterocycles. The van der Waals surface area contributed by atoms with Gasteiger partial charge in [-0.3, -0.25) is 0 Å². The number of aliphatic hydroxyl groups excluding tert-OH is 1. The molecule has 34 heavy (non-hydrogen) atoms. The van der Waals surface area contributed by atoms with Crippen molar-refractivity contribution in [2.45, 2.75) is 72.4 Å². The summed E-state index contributed by atoms with van der Waals surface area (Å²) in [5, 5.41) is 7.00. The van der Waals surface area contributed by atoms with Gasteiger partial charge in [0.2, 0.25) is 0 Å². The van der Waals surface area contributed by atoms with E-state index in [0.29, 0.717) is 6.42 Å². The lowest BCUT2D eigenvalue weighted by Crippen LogP contribution is -2.09. The van der Waals surface area contributed by atoms with Gasteiger partial charge in [0.1, 0.15) is 13.6 Å². The van der Waals surface area contributed by atoms with Crippen molar-refractivity contribution in [3.8, 4) is 0 Å². The number of halogens is 3. The Bertz CT molecular complexity index is 796. The van der Waals surface area contributed by atoms with E-state index in [4.69, 9.17) is 14.7 Å². The number of aliphatic hydroxyl groups is 1. The molecule has 1 saturated carbocycles. The van der Waals surface area contributed by atoms with Gasteiger partial charge in [0.15, 0.2) is 0 Å². The van der Waals surface area contributed by atoms with E-state index in [1.165, 1.54) is 54.5 Å². The molecule has 0 bridgehead atoms. The fourth-order valence-corrected chi connectivity index (χ4v) is 4.05. The first-order valence-electron chi connectivity index (χ1n) is 11.4. The van der Waals surface area contributed by atoms with Crippen molar-refractivity contribution in [2.24, 2.45) is 11.8 Å².